The summed E-state index contributed by atoms with van der Waals surface area (Å²) in [5, 5.41) is 3.60. The smallest absolute Gasteiger partial charge is 0.0537 e. The number of nitrogens with one attached hydrogen (secondary N) is 1. The normalized spacial score (nSPS) is 33.2. The minimum atomic E-state index is 0.536. The average molecular weight is 169 g/mol. The molecule has 0 radical (unpaired) electrons. The second-order valence-electron chi connectivity index (χ2n) is 4.17. The van der Waals surface area contributed by atoms with E-state index >= 15 is 0 Å². The van der Waals surface area contributed by atoms with E-state index in [1.807, 2.05) is 0 Å². The van der Waals surface area contributed by atoms with E-state index in [1.165, 1.54) is 25.7 Å². The molecule has 1 saturated carbocycles. The molecule has 1 atom stereocenters. The molecule has 2 aliphatic rings. The molecule has 2 nitrogen and oxygen atoms in total. The Balaban J connectivity index is 1.97. The van der Waals surface area contributed by atoms with E-state index in [-0.39, 0.29) is 0 Å². The summed E-state index contributed by atoms with van der Waals surface area (Å²) < 4.78 is 5.56. The summed E-state index contributed by atoms with van der Waals surface area (Å²) in [6.45, 7) is 5.26. The maximum absolute atomic E-state index is 5.56. The van der Waals surface area contributed by atoms with E-state index in [0.717, 1.165) is 25.8 Å². The molecule has 1 heterocycles. The summed E-state index contributed by atoms with van der Waals surface area (Å²) in [4.78, 5) is 0. The fourth-order valence-corrected chi connectivity index (χ4v) is 2.57. The van der Waals surface area contributed by atoms with Crippen molar-refractivity contribution in [2.75, 3.05) is 19.8 Å². The largest absolute Gasteiger partial charge is 0.381 e. The Morgan fingerprint density at radius 2 is 2.33 bits per heavy atom. The highest BCUT2D eigenvalue weighted by molar-refractivity contribution is 4.98. The van der Waals surface area contributed by atoms with Gasteiger partial charge in [-0.3, -0.25) is 0 Å². The molecule has 0 aromatic carbocycles. The SMILES string of the molecule is CCNC1CCOCC12CCC2. The van der Waals surface area contributed by atoms with Gasteiger partial charge in [0.05, 0.1) is 6.61 Å². The van der Waals surface area contributed by atoms with Crippen molar-refractivity contribution in [3.05, 3.63) is 0 Å². The van der Waals surface area contributed by atoms with Gasteiger partial charge in [0, 0.05) is 18.1 Å². The molecular weight excluding hydrogens is 150 g/mol. The Morgan fingerprint density at radius 3 is 2.92 bits per heavy atom. The van der Waals surface area contributed by atoms with E-state index in [4.69, 9.17) is 4.74 Å². The highest BCUT2D eigenvalue weighted by atomic mass is 16.5. The maximum atomic E-state index is 5.56. The second kappa shape index (κ2) is 3.35. The van der Waals surface area contributed by atoms with Crippen LogP contribution in [0.3, 0.4) is 0 Å². The summed E-state index contributed by atoms with van der Waals surface area (Å²) >= 11 is 0. The van der Waals surface area contributed by atoms with Crippen LogP contribution in [0.1, 0.15) is 32.6 Å². The predicted octanol–water partition coefficient (Wildman–Crippen LogP) is 1.56. The van der Waals surface area contributed by atoms with E-state index in [2.05, 4.69) is 12.2 Å². The van der Waals surface area contributed by atoms with Crippen LogP contribution in [0.2, 0.25) is 0 Å². The molecule has 12 heavy (non-hydrogen) atoms. The van der Waals surface area contributed by atoms with Crippen molar-refractivity contribution in [1.82, 2.24) is 5.32 Å². The number of ether oxygens (including phenoxy) is 1. The third-order valence-electron chi connectivity index (χ3n) is 3.48. The maximum Gasteiger partial charge on any atom is 0.0537 e. The lowest BCUT2D eigenvalue weighted by Crippen LogP contribution is -2.55. The molecule has 0 amide bonds. The standard InChI is InChI=1S/C10H19NO/c1-2-11-9-4-7-12-8-10(9)5-3-6-10/h9,11H,2-8H2,1H3. The van der Waals surface area contributed by atoms with Gasteiger partial charge in [-0.15, -0.1) is 0 Å². The molecule has 0 aromatic rings. The summed E-state index contributed by atoms with van der Waals surface area (Å²) in [7, 11) is 0. The molecule has 1 saturated heterocycles. The number of hydrogen-bond donors (Lipinski definition) is 1. The minimum Gasteiger partial charge on any atom is -0.381 e. The van der Waals surface area contributed by atoms with Gasteiger partial charge in [-0.05, 0) is 25.8 Å². The van der Waals surface area contributed by atoms with Gasteiger partial charge in [0.1, 0.15) is 0 Å². The number of hydrogen-bond acceptors (Lipinski definition) is 2. The summed E-state index contributed by atoms with van der Waals surface area (Å²) in [6.07, 6.45) is 5.38. The van der Waals surface area contributed by atoms with Crippen LogP contribution < -0.4 is 5.32 Å². The molecule has 1 aliphatic heterocycles. The first-order valence-electron chi connectivity index (χ1n) is 5.18. The molecule has 2 heteroatoms. The first-order valence-corrected chi connectivity index (χ1v) is 5.18. The highest BCUT2D eigenvalue weighted by Crippen LogP contribution is 2.46. The van der Waals surface area contributed by atoms with Gasteiger partial charge in [-0.2, -0.15) is 0 Å². The van der Waals surface area contributed by atoms with Gasteiger partial charge < -0.3 is 10.1 Å². The highest BCUT2D eigenvalue weighted by Gasteiger charge is 2.45. The molecular formula is C10H19NO. The van der Waals surface area contributed by atoms with Gasteiger partial charge in [0.2, 0.25) is 0 Å². The third-order valence-corrected chi connectivity index (χ3v) is 3.48. The van der Waals surface area contributed by atoms with Crippen molar-refractivity contribution in [3.63, 3.8) is 0 Å². The van der Waals surface area contributed by atoms with Crippen LogP contribution in [-0.4, -0.2) is 25.8 Å². The molecule has 2 fully saturated rings. The van der Waals surface area contributed by atoms with E-state index in [0.29, 0.717) is 5.41 Å². The second-order valence-corrected chi connectivity index (χ2v) is 4.17. The van der Waals surface area contributed by atoms with Gasteiger partial charge >= 0.3 is 0 Å². The zero-order chi connectivity index (χ0) is 8.44. The van der Waals surface area contributed by atoms with Crippen LogP contribution in [0.5, 0.6) is 0 Å². The zero-order valence-electron chi connectivity index (χ0n) is 7.94. The molecule has 0 aromatic heterocycles. The molecule has 1 N–H and O–H groups in total. The lowest BCUT2D eigenvalue weighted by Gasteiger charge is -2.50. The molecule has 70 valence electrons. The summed E-state index contributed by atoms with van der Waals surface area (Å²) in [6, 6.07) is 0.741. The van der Waals surface area contributed by atoms with Gasteiger partial charge in [0.25, 0.3) is 0 Å². The molecule has 1 spiro atoms. The van der Waals surface area contributed by atoms with Crippen molar-refractivity contribution in [1.29, 1.82) is 0 Å². The van der Waals surface area contributed by atoms with Crippen LogP contribution in [0.15, 0.2) is 0 Å². The van der Waals surface area contributed by atoms with Crippen molar-refractivity contribution in [2.45, 2.75) is 38.6 Å². The van der Waals surface area contributed by atoms with E-state index in [9.17, 15) is 0 Å². The molecule has 1 unspecified atom stereocenters. The fraction of sp³-hybridized carbons (Fsp3) is 1.00. The van der Waals surface area contributed by atoms with Gasteiger partial charge in [0.15, 0.2) is 0 Å². The quantitative estimate of drug-likeness (QED) is 0.677. The first-order chi connectivity index (χ1) is 5.87. The molecule has 1 aliphatic carbocycles. The predicted molar refractivity (Wildman–Crippen MR) is 49.2 cm³/mol. The minimum absolute atomic E-state index is 0.536. The third kappa shape index (κ3) is 1.27. The number of rotatable bonds is 2. The van der Waals surface area contributed by atoms with Crippen molar-refractivity contribution in [3.8, 4) is 0 Å². The molecule has 0 bridgehead atoms. The Labute approximate surface area is 74.7 Å². The van der Waals surface area contributed by atoms with E-state index in [1.54, 1.807) is 0 Å². The van der Waals surface area contributed by atoms with Crippen molar-refractivity contribution >= 4 is 0 Å². The topological polar surface area (TPSA) is 21.3 Å². The van der Waals surface area contributed by atoms with Crippen LogP contribution in [-0.2, 0) is 4.74 Å². The zero-order valence-corrected chi connectivity index (χ0v) is 7.94. The van der Waals surface area contributed by atoms with Crippen LogP contribution >= 0.6 is 0 Å². The lowest BCUT2D eigenvalue weighted by molar-refractivity contribution is -0.0771. The Hall–Kier alpha value is -0.0800. The summed E-state index contributed by atoms with van der Waals surface area (Å²) in [5.41, 5.74) is 0.536. The monoisotopic (exact) mass is 169 g/mol. The van der Waals surface area contributed by atoms with Crippen molar-refractivity contribution < 1.29 is 4.74 Å². The van der Waals surface area contributed by atoms with E-state index < -0.39 is 0 Å². The fourth-order valence-electron chi connectivity index (χ4n) is 2.57. The molecule has 2 rings (SSSR count). The van der Waals surface area contributed by atoms with Crippen LogP contribution in [0, 0.1) is 5.41 Å². The summed E-state index contributed by atoms with van der Waals surface area (Å²) in [5.74, 6) is 0. The Kier molecular flexibility index (Phi) is 2.37. The lowest BCUT2D eigenvalue weighted by atomic mass is 9.63. The van der Waals surface area contributed by atoms with Crippen LogP contribution in [0.25, 0.3) is 0 Å². The van der Waals surface area contributed by atoms with Gasteiger partial charge in [-0.25, -0.2) is 0 Å². The average Bonchev–Trinajstić information content (AvgIpc) is 2.03. The van der Waals surface area contributed by atoms with Crippen molar-refractivity contribution in [2.24, 2.45) is 5.41 Å². The first kappa shape index (κ1) is 8.52. The van der Waals surface area contributed by atoms with Gasteiger partial charge in [-0.1, -0.05) is 13.3 Å². The Bertz CT molecular complexity index is 152. The Morgan fingerprint density at radius 1 is 1.50 bits per heavy atom. The van der Waals surface area contributed by atoms with Crippen LogP contribution in [0.4, 0.5) is 0 Å².